The number of carbonyl (C=O) groups excluding carboxylic acids is 1. The smallest absolute Gasteiger partial charge is 0.391 e. The number of hydrogen-bond acceptors (Lipinski definition) is 6. The predicted molar refractivity (Wildman–Crippen MR) is 166 cm³/mol. The van der Waals surface area contributed by atoms with Crippen molar-refractivity contribution in [2.75, 3.05) is 55.7 Å². The fourth-order valence-corrected chi connectivity index (χ4v) is 6.55. The number of likely N-dealkylation sites (tertiary alicyclic amines) is 1. The zero-order valence-corrected chi connectivity index (χ0v) is 26.1. The fourth-order valence-electron chi connectivity index (χ4n) is 6.55. The Morgan fingerprint density at radius 2 is 1.72 bits per heavy atom. The molecule has 230 valence electrons. The Morgan fingerprint density at radius 3 is 2.33 bits per heavy atom. The van der Waals surface area contributed by atoms with E-state index in [-0.39, 0.29) is 11.2 Å². The second kappa shape index (κ2) is 11.9. The molecule has 6 rings (SSSR count). The van der Waals surface area contributed by atoms with Crippen LogP contribution in [0.3, 0.4) is 0 Å². The minimum atomic E-state index is -0.514. The van der Waals surface area contributed by atoms with Gasteiger partial charge in [0.2, 0.25) is 5.88 Å². The van der Waals surface area contributed by atoms with E-state index >= 15 is 4.39 Å². The highest BCUT2D eigenvalue weighted by Crippen LogP contribution is 2.52. The maximum Gasteiger partial charge on any atom is 0.421 e. The summed E-state index contributed by atoms with van der Waals surface area (Å²) in [5, 5.41) is 4.56. The molecule has 3 heterocycles. The quantitative estimate of drug-likeness (QED) is 0.339. The Hall–Kier alpha value is -3.43. The van der Waals surface area contributed by atoms with Gasteiger partial charge in [-0.05, 0) is 53.5 Å². The number of anilines is 2. The van der Waals surface area contributed by atoms with Crippen LogP contribution in [-0.2, 0) is 30.2 Å². The van der Waals surface area contributed by atoms with Gasteiger partial charge in [-0.15, -0.1) is 0 Å². The summed E-state index contributed by atoms with van der Waals surface area (Å²) in [5.74, 6) is 1.43. The number of benzene rings is 2. The number of aromatic nitrogens is 2. The maximum atomic E-state index is 15.5. The molecule has 2 unspecified atom stereocenters. The Labute approximate surface area is 254 Å². The molecule has 43 heavy (non-hydrogen) atoms. The molecule has 3 fully saturated rings. The number of piperidine rings is 1. The molecule has 3 aliphatic rings. The largest absolute Gasteiger partial charge is 0.421 e. The number of halogens is 1. The lowest BCUT2D eigenvalue weighted by Gasteiger charge is -2.30. The average molecular weight is 590 g/mol. The van der Waals surface area contributed by atoms with Gasteiger partial charge in [-0.2, -0.15) is 5.10 Å². The predicted octanol–water partition coefficient (Wildman–Crippen LogP) is 5.64. The molecule has 1 saturated carbocycles. The van der Waals surface area contributed by atoms with E-state index in [0.717, 1.165) is 31.7 Å². The first-order valence-corrected chi connectivity index (χ1v) is 15.6. The first-order chi connectivity index (χ1) is 20.6. The second-order valence-electron chi connectivity index (χ2n) is 13.3. The molecule has 0 bridgehead atoms. The van der Waals surface area contributed by atoms with Crippen molar-refractivity contribution in [1.29, 1.82) is 0 Å². The van der Waals surface area contributed by atoms with Gasteiger partial charge in [-0.1, -0.05) is 52.0 Å². The van der Waals surface area contributed by atoms with Crippen LogP contribution in [0.4, 0.5) is 20.6 Å². The summed E-state index contributed by atoms with van der Waals surface area (Å²) in [5.41, 5.74) is 4.39. The third kappa shape index (κ3) is 6.43. The molecule has 3 aromatic rings. The SMILES string of the molecule is CCc1ccc(CN2CC3C(C2)C3CN(C(=O)Oc2cc(C(C)(C)C)nn2C)c2ccc(N3CCOCC3)c(F)c2)cc1. The summed E-state index contributed by atoms with van der Waals surface area (Å²) in [6, 6.07) is 15.8. The van der Waals surface area contributed by atoms with Crippen molar-refractivity contribution >= 4 is 17.5 Å². The van der Waals surface area contributed by atoms with E-state index in [2.05, 4.69) is 62.0 Å². The molecule has 0 N–H and O–H groups in total. The fraction of sp³-hybridized carbons (Fsp3) is 0.529. The Kier molecular flexibility index (Phi) is 8.22. The lowest BCUT2D eigenvalue weighted by molar-refractivity contribution is 0.122. The normalized spacial score (nSPS) is 22.0. The highest BCUT2D eigenvalue weighted by molar-refractivity contribution is 5.89. The molecule has 1 aromatic heterocycles. The number of fused-ring (bicyclic) bond motifs is 1. The molecular weight excluding hydrogens is 545 g/mol. The molecule has 0 radical (unpaired) electrons. The molecule has 1 aliphatic carbocycles. The van der Waals surface area contributed by atoms with Crippen LogP contribution in [0.2, 0.25) is 0 Å². The molecule has 2 atom stereocenters. The summed E-state index contributed by atoms with van der Waals surface area (Å²) in [6.07, 6.45) is 0.535. The third-order valence-electron chi connectivity index (χ3n) is 9.29. The van der Waals surface area contributed by atoms with Crippen molar-refractivity contribution in [2.24, 2.45) is 24.8 Å². The molecule has 2 aliphatic heterocycles. The minimum absolute atomic E-state index is 0.185. The van der Waals surface area contributed by atoms with Crippen LogP contribution in [0.5, 0.6) is 5.88 Å². The van der Waals surface area contributed by atoms with Crippen molar-refractivity contribution in [3.05, 3.63) is 71.2 Å². The first kappa shape index (κ1) is 29.6. The molecular formula is C34H44FN5O3. The summed E-state index contributed by atoms with van der Waals surface area (Å²) in [6.45, 7) is 14.3. The Bertz CT molecular complexity index is 1430. The van der Waals surface area contributed by atoms with E-state index in [9.17, 15) is 4.79 Å². The van der Waals surface area contributed by atoms with Crippen LogP contribution in [0, 0.1) is 23.6 Å². The van der Waals surface area contributed by atoms with Gasteiger partial charge in [-0.3, -0.25) is 9.80 Å². The number of morpholine rings is 1. The van der Waals surface area contributed by atoms with Crippen molar-refractivity contribution < 1.29 is 18.7 Å². The van der Waals surface area contributed by atoms with Crippen molar-refractivity contribution in [3.8, 4) is 5.88 Å². The lowest BCUT2D eigenvalue weighted by atomic mass is 9.93. The van der Waals surface area contributed by atoms with E-state index in [4.69, 9.17) is 9.47 Å². The Balaban J connectivity index is 1.17. The van der Waals surface area contributed by atoms with Gasteiger partial charge in [0.05, 0.1) is 30.3 Å². The van der Waals surface area contributed by atoms with E-state index in [0.29, 0.717) is 67.9 Å². The molecule has 2 saturated heterocycles. The van der Waals surface area contributed by atoms with Gasteiger partial charge in [0, 0.05) is 57.8 Å². The zero-order valence-electron chi connectivity index (χ0n) is 26.1. The van der Waals surface area contributed by atoms with E-state index in [1.165, 1.54) is 17.2 Å². The van der Waals surface area contributed by atoms with Crippen molar-refractivity contribution in [2.45, 2.75) is 46.1 Å². The zero-order chi connectivity index (χ0) is 30.3. The molecule has 2 aromatic carbocycles. The van der Waals surface area contributed by atoms with E-state index < -0.39 is 6.09 Å². The number of amides is 1. The highest BCUT2D eigenvalue weighted by Gasteiger charge is 2.56. The number of carbonyl (C=O) groups is 1. The standard InChI is InChI=1S/C34H44FN5O3/c1-6-23-7-9-24(10-8-23)19-38-20-26-27(21-38)28(26)22-40(33(41)43-32-18-31(34(2,3)4)36-37(32)5)25-11-12-30(29(35)17-25)39-13-15-42-16-14-39/h7-12,17-18,26-28H,6,13-16,19-22H2,1-5H3. The van der Waals surface area contributed by atoms with Gasteiger partial charge in [0.25, 0.3) is 0 Å². The van der Waals surface area contributed by atoms with Gasteiger partial charge in [0.1, 0.15) is 5.82 Å². The summed E-state index contributed by atoms with van der Waals surface area (Å²) < 4.78 is 28.4. The molecule has 0 spiro atoms. The van der Waals surface area contributed by atoms with Gasteiger partial charge in [0.15, 0.2) is 0 Å². The third-order valence-corrected chi connectivity index (χ3v) is 9.29. The molecule has 1 amide bonds. The monoisotopic (exact) mass is 589 g/mol. The van der Waals surface area contributed by atoms with E-state index in [1.54, 1.807) is 22.7 Å². The van der Waals surface area contributed by atoms with Gasteiger partial charge < -0.3 is 14.4 Å². The van der Waals surface area contributed by atoms with Crippen LogP contribution >= 0.6 is 0 Å². The lowest BCUT2D eigenvalue weighted by Crippen LogP contribution is -2.38. The number of ether oxygens (including phenoxy) is 2. The average Bonchev–Trinajstić information content (AvgIpc) is 3.25. The maximum absolute atomic E-state index is 15.5. The van der Waals surface area contributed by atoms with Crippen molar-refractivity contribution in [1.82, 2.24) is 14.7 Å². The van der Waals surface area contributed by atoms with Gasteiger partial charge >= 0.3 is 6.09 Å². The minimum Gasteiger partial charge on any atom is -0.391 e. The topological polar surface area (TPSA) is 63.1 Å². The van der Waals surface area contributed by atoms with Crippen LogP contribution in [0.25, 0.3) is 0 Å². The summed E-state index contributed by atoms with van der Waals surface area (Å²) >= 11 is 0. The first-order valence-electron chi connectivity index (χ1n) is 15.6. The van der Waals surface area contributed by atoms with Crippen LogP contribution in [-0.4, -0.2) is 66.7 Å². The number of aryl methyl sites for hydroxylation is 2. The van der Waals surface area contributed by atoms with Gasteiger partial charge in [-0.25, -0.2) is 13.9 Å². The summed E-state index contributed by atoms with van der Waals surface area (Å²) in [4.78, 5) is 19.9. The highest BCUT2D eigenvalue weighted by atomic mass is 19.1. The van der Waals surface area contributed by atoms with E-state index in [1.807, 2.05) is 17.0 Å². The van der Waals surface area contributed by atoms with Crippen LogP contribution in [0.15, 0.2) is 48.5 Å². The Morgan fingerprint density at radius 1 is 1.05 bits per heavy atom. The summed E-state index contributed by atoms with van der Waals surface area (Å²) in [7, 11) is 1.77. The number of nitrogens with zero attached hydrogens (tertiary/aromatic N) is 5. The number of hydrogen-bond donors (Lipinski definition) is 0. The number of rotatable bonds is 8. The molecule has 9 heteroatoms. The van der Waals surface area contributed by atoms with Crippen molar-refractivity contribution in [3.63, 3.8) is 0 Å². The van der Waals surface area contributed by atoms with Crippen LogP contribution in [0.1, 0.15) is 44.5 Å². The molecule has 8 nitrogen and oxygen atoms in total. The van der Waals surface area contributed by atoms with Crippen LogP contribution < -0.4 is 14.5 Å². The second-order valence-corrected chi connectivity index (χ2v) is 13.3.